The molecule has 138 valence electrons. The Balaban J connectivity index is 1.49. The first kappa shape index (κ1) is 17.6. The molecule has 1 saturated heterocycles. The van der Waals surface area contributed by atoms with E-state index in [9.17, 15) is 4.79 Å². The normalized spacial score (nSPS) is 16.5. The van der Waals surface area contributed by atoms with Gasteiger partial charge in [-0.3, -0.25) is 4.79 Å². The van der Waals surface area contributed by atoms with Gasteiger partial charge in [-0.25, -0.2) is 15.0 Å². The third-order valence-electron chi connectivity index (χ3n) is 4.59. The third kappa shape index (κ3) is 3.98. The molecule has 6 nitrogen and oxygen atoms in total. The summed E-state index contributed by atoms with van der Waals surface area (Å²) in [6, 6.07) is 11.3. The van der Waals surface area contributed by atoms with Gasteiger partial charge in [0, 0.05) is 41.7 Å². The van der Waals surface area contributed by atoms with Crippen molar-refractivity contribution >= 4 is 28.2 Å². The molecule has 0 spiro atoms. The summed E-state index contributed by atoms with van der Waals surface area (Å²) in [5, 5.41) is 6.09. The fourth-order valence-electron chi connectivity index (χ4n) is 3.28. The van der Waals surface area contributed by atoms with Gasteiger partial charge in [-0.05, 0) is 32.4 Å². The monoisotopic (exact) mass is 379 g/mol. The van der Waals surface area contributed by atoms with Crippen molar-refractivity contribution in [1.29, 1.82) is 0 Å². The molecule has 0 aliphatic carbocycles. The summed E-state index contributed by atoms with van der Waals surface area (Å²) >= 11 is 1.55. The van der Waals surface area contributed by atoms with Crippen LogP contribution in [0.5, 0.6) is 0 Å². The van der Waals surface area contributed by atoms with Crippen molar-refractivity contribution in [2.24, 2.45) is 0 Å². The van der Waals surface area contributed by atoms with Crippen LogP contribution in [-0.4, -0.2) is 38.8 Å². The SMILES string of the molecule is Cc1cc(Nc2nc(C)cs2)nc([C@@H]2CCN(C(=O)c3ccccc3)C2)n1. The number of amides is 1. The quantitative estimate of drug-likeness (QED) is 0.744. The topological polar surface area (TPSA) is 71.0 Å². The number of anilines is 2. The number of hydrogen-bond acceptors (Lipinski definition) is 6. The van der Waals surface area contributed by atoms with Crippen LogP contribution in [-0.2, 0) is 0 Å². The van der Waals surface area contributed by atoms with Crippen LogP contribution >= 0.6 is 11.3 Å². The highest BCUT2D eigenvalue weighted by Gasteiger charge is 2.30. The van der Waals surface area contributed by atoms with Gasteiger partial charge in [-0.1, -0.05) is 18.2 Å². The number of thiazole rings is 1. The predicted octanol–water partition coefficient (Wildman–Crippen LogP) is 3.92. The smallest absolute Gasteiger partial charge is 0.253 e. The zero-order valence-electron chi connectivity index (χ0n) is 15.3. The molecule has 1 aliphatic heterocycles. The van der Waals surface area contributed by atoms with Crippen molar-refractivity contribution in [2.75, 3.05) is 18.4 Å². The van der Waals surface area contributed by atoms with Crippen LogP contribution in [0.25, 0.3) is 0 Å². The molecule has 4 rings (SSSR count). The molecule has 1 N–H and O–H groups in total. The van der Waals surface area contributed by atoms with Gasteiger partial charge in [-0.2, -0.15) is 0 Å². The molecule has 1 fully saturated rings. The van der Waals surface area contributed by atoms with Crippen LogP contribution in [0.15, 0.2) is 41.8 Å². The Labute approximate surface area is 162 Å². The van der Waals surface area contributed by atoms with E-state index in [1.807, 2.05) is 60.5 Å². The molecule has 1 amide bonds. The number of aromatic nitrogens is 3. The number of carbonyl (C=O) groups excluding carboxylic acids is 1. The molecule has 3 heterocycles. The number of rotatable bonds is 4. The molecule has 0 saturated carbocycles. The lowest BCUT2D eigenvalue weighted by Gasteiger charge is -2.16. The van der Waals surface area contributed by atoms with Gasteiger partial charge < -0.3 is 10.2 Å². The van der Waals surface area contributed by atoms with Gasteiger partial charge in [0.1, 0.15) is 11.6 Å². The largest absolute Gasteiger partial charge is 0.338 e. The number of nitrogens with one attached hydrogen (secondary N) is 1. The van der Waals surface area contributed by atoms with Crippen LogP contribution in [0, 0.1) is 13.8 Å². The highest BCUT2D eigenvalue weighted by molar-refractivity contribution is 7.13. The molecular weight excluding hydrogens is 358 g/mol. The van der Waals surface area contributed by atoms with E-state index in [4.69, 9.17) is 4.98 Å². The molecule has 1 aliphatic rings. The second-order valence-electron chi connectivity index (χ2n) is 6.77. The number of carbonyl (C=O) groups is 1. The van der Waals surface area contributed by atoms with Gasteiger partial charge in [-0.15, -0.1) is 11.3 Å². The van der Waals surface area contributed by atoms with E-state index in [-0.39, 0.29) is 11.8 Å². The summed E-state index contributed by atoms with van der Waals surface area (Å²) in [6.45, 7) is 5.30. The van der Waals surface area contributed by atoms with E-state index in [1.54, 1.807) is 11.3 Å². The molecular formula is C20H21N5OS. The summed E-state index contributed by atoms with van der Waals surface area (Å²) in [5.74, 6) is 1.76. The van der Waals surface area contributed by atoms with Crippen LogP contribution in [0.3, 0.4) is 0 Å². The van der Waals surface area contributed by atoms with E-state index in [0.29, 0.717) is 6.54 Å². The Morgan fingerprint density at radius 3 is 2.70 bits per heavy atom. The fourth-order valence-corrected chi connectivity index (χ4v) is 3.97. The zero-order valence-corrected chi connectivity index (χ0v) is 16.2. The van der Waals surface area contributed by atoms with Gasteiger partial charge >= 0.3 is 0 Å². The fraction of sp³-hybridized carbons (Fsp3) is 0.300. The van der Waals surface area contributed by atoms with Crippen LogP contribution in [0.1, 0.15) is 39.9 Å². The third-order valence-corrected chi connectivity index (χ3v) is 5.46. The average molecular weight is 379 g/mol. The van der Waals surface area contributed by atoms with Crippen molar-refractivity contribution in [3.05, 3.63) is 64.6 Å². The van der Waals surface area contributed by atoms with Gasteiger partial charge in [0.2, 0.25) is 0 Å². The van der Waals surface area contributed by atoms with E-state index in [1.165, 1.54) is 0 Å². The van der Waals surface area contributed by atoms with E-state index < -0.39 is 0 Å². The van der Waals surface area contributed by atoms with Gasteiger partial charge in [0.15, 0.2) is 5.13 Å². The molecule has 0 radical (unpaired) electrons. The van der Waals surface area contributed by atoms with E-state index >= 15 is 0 Å². The zero-order chi connectivity index (χ0) is 18.8. The maximum absolute atomic E-state index is 12.7. The average Bonchev–Trinajstić information content (AvgIpc) is 3.31. The minimum Gasteiger partial charge on any atom is -0.338 e. The predicted molar refractivity (Wildman–Crippen MR) is 107 cm³/mol. The molecule has 0 bridgehead atoms. The second-order valence-corrected chi connectivity index (χ2v) is 7.63. The second kappa shape index (κ2) is 7.44. The van der Waals surface area contributed by atoms with Crippen molar-refractivity contribution in [3.8, 4) is 0 Å². The van der Waals surface area contributed by atoms with Gasteiger partial charge in [0.25, 0.3) is 5.91 Å². The van der Waals surface area contributed by atoms with E-state index in [0.717, 1.165) is 46.7 Å². The molecule has 7 heteroatoms. The summed E-state index contributed by atoms with van der Waals surface area (Å²) in [5.41, 5.74) is 2.62. The van der Waals surface area contributed by atoms with Crippen LogP contribution in [0.4, 0.5) is 10.9 Å². The number of hydrogen-bond donors (Lipinski definition) is 1. The first-order chi connectivity index (χ1) is 13.1. The first-order valence-corrected chi connectivity index (χ1v) is 9.85. The Hall–Kier alpha value is -2.80. The van der Waals surface area contributed by atoms with Crippen molar-refractivity contribution in [3.63, 3.8) is 0 Å². The Morgan fingerprint density at radius 1 is 1.15 bits per heavy atom. The summed E-state index contributed by atoms with van der Waals surface area (Å²) in [7, 11) is 0. The Bertz CT molecular complexity index is 956. The number of aryl methyl sites for hydroxylation is 2. The van der Waals surface area contributed by atoms with Crippen molar-refractivity contribution < 1.29 is 4.79 Å². The molecule has 27 heavy (non-hydrogen) atoms. The maximum atomic E-state index is 12.7. The molecule has 1 aromatic carbocycles. The highest BCUT2D eigenvalue weighted by Crippen LogP contribution is 2.28. The lowest BCUT2D eigenvalue weighted by molar-refractivity contribution is 0.0790. The maximum Gasteiger partial charge on any atom is 0.253 e. The van der Waals surface area contributed by atoms with Crippen LogP contribution in [0.2, 0.25) is 0 Å². The minimum atomic E-state index is 0.0716. The highest BCUT2D eigenvalue weighted by atomic mass is 32.1. The number of benzene rings is 1. The van der Waals surface area contributed by atoms with Gasteiger partial charge in [0.05, 0.1) is 5.69 Å². The van der Waals surface area contributed by atoms with Crippen molar-refractivity contribution in [2.45, 2.75) is 26.2 Å². The number of nitrogens with zero attached hydrogens (tertiary/aromatic N) is 4. The lowest BCUT2D eigenvalue weighted by atomic mass is 10.1. The summed E-state index contributed by atoms with van der Waals surface area (Å²) < 4.78 is 0. The van der Waals surface area contributed by atoms with E-state index in [2.05, 4.69) is 15.3 Å². The molecule has 2 aromatic heterocycles. The molecule has 1 atom stereocenters. The minimum absolute atomic E-state index is 0.0716. The standard InChI is InChI=1S/C20H21N5OS/c1-13-10-17(24-20-22-14(2)12-27-20)23-18(21-13)16-8-9-25(11-16)19(26)15-6-4-3-5-7-15/h3-7,10,12,16H,8-9,11H2,1-2H3,(H,21,22,23,24)/t16-/m1/s1. The summed E-state index contributed by atoms with van der Waals surface area (Å²) in [4.78, 5) is 28.3. The lowest BCUT2D eigenvalue weighted by Crippen LogP contribution is -2.28. The Kier molecular flexibility index (Phi) is 4.85. The Morgan fingerprint density at radius 2 is 1.96 bits per heavy atom. The number of likely N-dealkylation sites (tertiary alicyclic amines) is 1. The molecule has 3 aromatic rings. The summed E-state index contributed by atoms with van der Waals surface area (Å²) in [6.07, 6.45) is 0.873. The molecule has 0 unspecified atom stereocenters. The first-order valence-electron chi connectivity index (χ1n) is 8.97. The van der Waals surface area contributed by atoms with Crippen molar-refractivity contribution in [1.82, 2.24) is 19.9 Å². The van der Waals surface area contributed by atoms with Crippen LogP contribution < -0.4 is 5.32 Å².